The molecule has 0 unspecified atom stereocenters. The molecule has 154 valence electrons. The number of esters is 1. The average Bonchev–Trinajstić information content (AvgIpc) is 2.78. The fraction of sp³-hybridized carbons (Fsp3) is 0.391. The molecule has 6 heteroatoms. The number of nitrogens with zero attached hydrogens (tertiary/aromatic N) is 1. The third-order valence-electron chi connectivity index (χ3n) is 5.39. The summed E-state index contributed by atoms with van der Waals surface area (Å²) in [6.45, 7) is 3.67. The van der Waals surface area contributed by atoms with Gasteiger partial charge in [0.15, 0.2) is 0 Å². The second-order valence-corrected chi connectivity index (χ2v) is 7.35. The zero-order valence-electron chi connectivity index (χ0n) is 17.0. The summed E-state index contributed by atoms with van der Waals surface area (Å²) in [6, 6.07) is 14.7. The minimum atomic E-state index is -0.404. The van der Waals surface area contributed by atoms with Crippen molar-refractivity contribution in [2.24, 2.45) is 5.92 Å². The molecule has 0 aromatic heterocycles. The number of carbonyl (C=O) groups excluding carboxylic acids is 2. The Balaban J connectivity index is 1.41. The van der Waals surface area contributed by atoms with Crippen LogP contribution in [-0.4, -0.2) is 50.6 Å². The van der Waals surface area contributed by atoms with Gasteiger partial charge in [-0.1, -0.05) is 12.1 Å². The Labute approximate surface area is 171 Å². The molecule has 2 aromatic rings. The molecule has 1 heterocycles. The van der Waals surface area contributed by atoms with E-state index in [1.165, 1.54) is 12.7 Å². The Hall–Kier alpha value is -2.86. The van der Waals surface area contributed by atoms with E-state index in [1.54, 1.807) is 31.4 Å². The summed E-state index contributed by atoms with van der Waals surface area (Å²) in [6.07, 6.45) is 2.13. The van der Waals surface area contributed by atoms with Gasteiger partial charge in [-0.2, -0.15) is 0 Å². The molecule has 1 amide bonds. The van der Waals surface area contributed by atoms with Gasteiger partial charge in [-0.25, -0.2) is 4.79 Å². The van der Waals surface area contributed by atoms with E-state index < -0.39 is 5.97 Å². The van der Waals surface area contributed by atoms with Gasteiger partial charge in [-0.15, -0.1) is 0 Å². The van der Waals surface area contributed by atoms with Crippen LogP contribution in [0.2, 0.25) is 0 Å². The van der Waals surface area contributed by atoms with Crippen molar-refractivity contribution in [3.8, 4) is 5.75 Å². The maximum Gasteiger partial charge on any atom is 0.337 e. The minimum Gasteiger partial charge on any atom is -0.497 e. The topological polar surface area (TPSA) is 67.9 Å². The molecule has 1 aliphatic rings. The first-order chi connectivity index (χ1) is 14.1. The van der Waals surface area contributed by atoms with Gasteiger partial charge in [0.05, 0.1) is 19.8 Å². The number of piperidine rings is 1. The Morgan fingerprint density at radius 3 is 2.17 bits per heavy atom. The quantitative estimate of drug-likeness (QED) is 0.729. The molecule has 3 rings (SSSR count). The van der Waals surface area contributed by atoms with E-state index in [0.29, 0.717) is 23.6 Å². The Bertz CT molecular complexity index is 810. The van der Waals surface area contributed by atoms with Crippen LogP contribution in [0.5, 0.6) is 5.75 Å². The highest BCUT2D eigenvalue weighted by atomic mass is 16.5. The van der Waals surface area contributed by atoms with E-state index >= 15 is 0 Å². The van der Waals surface area contributed by atoms with Gasteiger partial charge in [0, 0.05) is 18.7 Å². The number of rotatable bonds is 7. The highest BCUT2D eigenvalue weighted by Gasteiger charge is 2.20. The number of hydrogen-bond donors (Lipinski definition) is 1. The molecule has 1 aliphatic heterocycles. The van der Waals surface area contributed by atoms with Crippen molar-refractivity contribution < 1.29 is 19.1 Å². The molecule has 0 atom stereocenters. The first kappa shape index (κ1) is 20.9. The van der Waals surface area contributed by atoms with Crippen molar-refractivity contribution in [3.05, 3.63) is 65.2 Å². The first-order valence-electron chi connectivity index (χ1n) is 9.91. The molecular weight excluding hydrogens is 368 g/mol. The van der Waals surface area contributed by atoms with Gasteiger partial charge in [0.2, 0.25) is 0 Å². The van der Waals surface area contributed by atoms with Crippen molar-refractivity contribution in [1.29, 1.82) is 0 Å². The minimum absolute atomic E-state index is 0.109. The molecule has 6 nitrogen and oxygen atoms in total. The van der Waals surface area contributed by atoms with E-state index in [2.05, 4.69) is 27.1 Å². The lowest BCUT2D eigenvalue weighted by molar-refractivity contribution is 0.0600. The van der Waals surface area contributed by atoms with Crippen LogP contribution in [-0.2, 0) is 11.3 Å². The zero-order valence-corrected chi connectivity index (χ0v) is 17.0. The highest BCUT2D eigenvalue weighted by Crippen LogP contribution is 2.20. The molecule has 1 N–H and O–H groups in total. The van der Waals surface area contributed by atoms with E-state index in [4.69, 9.17) is 4.74 Å². The third kappa shape index (κ3) is 5.81. The first-order valence-corrected chi connectivity index (χ1v) is 9.91. The lowest BCUT2D eigenvalue weighted by Gasteiger charge is -2.32. The van der Waals surface area contributed by atoms with Crippen molar-refractivity contribution >= 4 is 11.9 Å². The Morgan fingerprint density at radius 1 is 0.966 bits per heavy atom. The predicted octanol–water partition coefficient (Wildman–Crippen LogP) is 3.12. The summed E-state index contributed by atoms with van der Waals surface area (Å²) in [5, 5.41) is 3.02. The number of hydrogen-bond acceptors (Lipinski definition) is 5. The summed E-state index contributed by atoms with van der Waals surface area (Å²) < 4.78 is 9.88. The molecule has 1 saturated heterocycles. The normalized spacial score (nSPS) is 15.0. The molecule has 0 spiro atoms. The van der Waals surface area contributed by atoms with Crippen LogP contribution in [0.15, 0.2) is 48.5 Å². The van der Waals surface area contributed by atoms with Crippen LogP contribution in [0, 0.1) is 5.92 Å². The molecule has 0 bridgehead atoms. The molecule has 0 aliphatic carbocycles. The van der Waals surface area contributed by atoms with Gasteiger partial charge >= 0.3 is 5.97 Å². The number of carbonyl (C=O) groups is 2. The number of nitrogens with one attached hydrogen (secondary N) is 1. The average molecular weight is 396 g/mol. The van der Waals surface area contributed by atoms with Gasteiger partial charge in [-0.3, -0.25) is 9.69 Å². The molecule has 0 radical (unpaired) electrons. The van der Waals surface area contributed by atoms with E-state index in [1.807, 2.05) is 12.1 Å². The molecule has 0 saturated carbocycles. The molecule has 1 fully saturated rings. The van der Waals surface area contributed by atoms with E-state index in [9.17, 15) is 9.59 Å². The van der Waals surface area contributed by atoms with E-state index in [0.717, 1.165) is 38.2 Å². The van der Waals surface area contributed by atoms with Crippen molar-refractivity contribution in [2.75, 3.05) is 33.9 Å². The Kier molecular flexibility index (Phi) is 7.25. The fourth-order valence-electron chi connectivity index (χ4n) is 3.55. The second kappa shape index (κ2) is 10.1. The highest BCUT2D eigenvalue weighted by molar-refractivity contribution is 5.96. The Morgan fingerprint density at radius 2 is 1.59 bits per heavy atom. The van der Waals surface area contributed by atoms with Gasteiger partial charge < -0.3 is 14.8 Å². The number of methoxy groups -OCH3 is 2. The lowest BCUT2D eigenvalue weighted by atomic mass is 9.96. The number of amides is 1. The van der Waals surface area contributed by atoms with Crippen molar-refractivity contribution in [1.82, 2.24) is 10.2 Å². The largest absolute Gasteiger partial charge is 0.497 e. The predicted molar refractivity (Wildman–Crippen MR) is 111 cm³/mol. The van der Waals surface area contributed by atoms with Crippen LogP contribution in [0.4, 0.5) is 0 Å². The molecule has 2 aromatic carbocycles. The van der Waals surface area contributed by atoms with Gasteiger partial charge in [0.25, 0.3) is 5.91 Å². The summed E-state index contributed by atoms with van der Waals surface area (Å²) in [4.78, 5) is 26.3. The zero-order chi connectivity index (χ0) is 20.6. The number of benzene rings is 2. The van der Waals surface area contributed by atoms with Crippen LogP contribution in [0.25, 0.3) is 0 Å². The third-order valence-corrected chi connectivity index (χ3v) is 5.39. The second-order valence-electron chi connectivity index (χ2n) is 7.35. The summed E-state index contributed by atoms with van der Waals surface area (Å²) >= 11 is 0. The lowest BCUT2D eigenvalue weighted by Crippen LogP contribution is -2.38. The smallest absolute Gasteiger partial charge is 0.337 e. The standard InChI is InChI=1S/C23H28N2O4/c1-28-21-9-3-18(4-10-21)16-25-13-11-17(12-14-25)15-24-22(26)19-5-7-20(8-6-19)23(27)29-2/h3-10,17H,11-16H2,1-2H3,(H,24,26). The van der Waals surface area contributed by atoms with Gasteiger partial charge in [0.1, 0.15) is 5.75 Å². The number of ether oxygens (including phenoxy) is 2. The maximum atomic E-state index is 12.3. The van der Waals surface area contributed by atoms with Gasteiger partial charge in [-0.05, 0) is 73.8 Å². The molecule has 29 heavy (non-hydrogen) atoms. The van der Waals surface area contributed by atoms with Crippen LogP contribution in [0.1, 0.15) is 39.1 Å². The van der Waals surface area contributed by atoms with Crippen molar-refractivity contribution in [3.63, 3.8) is 0 Å². The summed E-state index contributed by atoms with van der Waals surface area (Å²) in [5.74, 6) is 0.851. The summed E-state index contributed by atoms with van der Waals surface area (Å²) in [7, 11) is 3.02. The van der Waals surface area contributed by atoms with E-state index in [-0.39, 0.29) is 5.91 Å². The number of likely N-dealkylation sites (tertiary alicyclic amines) is 1. The maximum absolute atomic E-state index is 12.3. The van der Waals surface area contributed by atoms with Crippen molar-refractivity contribution in [2.45, 2.75) is 19.4 Å². The summed E-state index contributed by atoms with van der Waals surface area (Å²) in [5.41, 5.74) is 2.27. The van der Waals surface area contributed by atoms with Crippen LogP contribution >= 0.6 is 0 Å². The molecular formula is C23H28N2O4. The van der Waals surface area contributed by atoms with Crippen LogP contribution < -0.4 is 10.1 Å². The SMILES string of the molecule is COC(=O)c1ccc(C(=O)NCC2CCN(Cc3ccc(OC)cc3)CC2)cc1. The fourth-order valence-corrected chi connectivity index (χ4v) is 3.55. The monoisotopic (exact) mass is 396 g/mol. The van der Waals surface area contributed by atoms with Crippen LogP contribution in [0.3, 0.4) is 0 Å².